The molecule has 0 bridgehead atoms. The van der Waals surface area contributed by atoms with Gasteiger partial charge in [0, 0.05) is 48.6 Å². The Labute approximate surface area is 210 Å². The Kier molecular flexibility index (Phi) is 9.55. The summed E-state index contributed by atoms with van der Waals surface area (Å²) in [7, 11) is 2.08. The van der Waals surface area contributed by atoms with Gasteiger partial charge in [0.05, 0.1) is 12.6 Å². The topological polar surface area (TPSA) is 134 Å². The standard InChI is InChI=1S/C26H31N5O5/c1-18(32)24(26(35)29-36)28-25(34)21-9-5-19(6-10-21)3-4-20-7-11-22(12-8-20)27-23(33)17-31-15-13-30(2)14-16-31/h5-12,18,24,32,36H,13-17H2,1-2H3,(H,27,33)(H,28,34)(H,29,35). The number of hydrogen-bond acceptors (Lipinski definition) is 7. The first-order valence-corrected chi connectivity index (χ1v) is 11.6. The molecule has 36 heavy (non-hydrogen) atoms. The molecular formula is C26H31N5O5. The van der Waals surface area contributed by atoms with E-state index in [-0.39, 0.29) is 11.5 Å². The Morgan fingerprint density at radius 3 is 2.03 bits per heavy atom. The van der Waals surface area contributed by atoms with Gasteiger partial charge in [-0.2, -0.15) is 0 Å². The molecule has 2 unspecified atom stereocenters. The fourth-order valence-corrected chi connectivity index (χ4v) is 3.60. The number of likely N-dealkylation sites (N-methyl/N-ethyl adjacent to an activating group) is 1. The minimum atomic E-state index is -1.29. The van der Waals surface area contributed by atoms with Crippen molar-refractivity contribution in [3.8, 4) is 11.8 Å². The predicted octanol–water partition coefficient (Wildman–Crippen LogP) is 0.257. The quantitative estimate of drug-likeness (QED) is 0.212. The molecule has 1 aliphatic rings. The fourth-order valence-electron chi connectivity index (χ4n) is 3.60. The van der Waals surface area contributed by atoms with Gasteiger partial charge in [-0.15, -0.1) is 0 Å². The van der Waals surface area contributed by atoms with E-state index < -0.39 is 24.0 Å². The summed E-state index contributed by atoms with van der Waals surface area (Å²) in [6.07, 6.45) is -1.19. The van der Waals surface area contributed by atoms with Gasteiger partial charge in [0.2, 0.25) is 5.91 Å². The molecule has 0 saturated carbocycles. The van der Waals surface area contributed by atoms with Gasteiger partial charge in [0.15, 0.2) is 0 Å². The molecule has 10 nitrogen and oxygen atoms in total. The van der Waals surface area contributed by atoms with Gasteiger partial charge in [0.1, 0.15) is 6.04 Å². The van der Waals surface area contributed by atoms with Crippen LogP contribution in [0.4, 0.5) is 5.69 Å². The van der Waals surface area contributed by atoms with Crippen LogP contribution >= 0.6 is 0 Å². The van der Waals surface area contributed by atoms with Crippen molar-refractivity contribution in [2.75, 3.05) is 45.1 Å². The van der Waals surface area contributed by atoms with Crippen molar-refractivity contribution in [3.63, 3.8) is 0 Å². The van der Waals surface area contributed by atoms with Crippen molar-refractivity contribution >= 4 is 23.4 Å². The molecule has 190 valence electrons. The van der Waals surface area contributed by atoms with Crippen molar-refractivity contribution in [3.05, 3.63) is 65.2 Å². The molecule has 3 rings (SSSR count). The number of piperazine rings is 1. The maximum atomic E-state index is 12.3. The average Bonchev–Trinajstić information content (AvgIpc) is 2.87. The molecule has 10 heteroatoms. The lowest BCUT2D eigenvalue weighted by atomic mass is 10.1. The molecule has 1 saturated heterocycles. The van der Waals surface area contributed by atoms with Crippen molar-refractivity contribution in [2.45, 2.75) is 19.1 Å². The van der Waals surface area contributed by atoms with Crippen molar-refractivity contribution in [2.24, 2.45) is 0 Å². The Morgan fingerprint density at radius 1 is 0.944 bits per heavy atom. The lowest BCUT2D eigenvalue weighted by Gasteiger charge is -2.31. The summed E-state index contributed by atoms with van der Waals surface area (Å²) in [6.45, 7) is 5.39. The van der Waals surface area contributed by atoms with Crippen LogP contribution in [0.15, 0.2) is 48.5 Å². The molecule has 0 radical (unpaired) electrons. The zero-order valence-corrected chi connectivity index (χ0v) is 20.3. The van der Waals surface area contributed by atoms with Crippen molar-refractivity contribution in [1.82, 2.24) is 20.6 Å². The number of aliphatic hydroxyl groups is 1. The third-order valence-electron chi connectivity index (χ3n) is 5.79. The minimum absolute atomic E-state index is 0.0423. The molecule has 1 heterocycles. The lowest BCUT2D eigenvalue weighted by Crippen LogP contribution is -2.51. The first-order chi connectivity index (χ1) is 17.2. The van der Waals surface area contributed by atoms with Crippen LogP contribution in [0, 0.1) is 11.8 Å². The summed E-state index contributed by atoms with van der Waals surface area (Å²) < 4.78 is 0. The predicted molar refractivity (Wildman–Crippen MR) is 134 cm³/mol. The highest BCUT2D eigenvalue weighted by Gasteiger charge is 2.25. The van der Waals surface area contributed by atoms with Crippen molar-refractivity contribution < 1.29 is 24.7 Å². The number of amides is 3. The normalized spacial score (nSPS) is 15.7. The summed E-state index contributed by atoms with van der Waals surface area (Å²) in [5.41, 5.74) is 3.84. The molecule has 2 aromatic carbocycles. The summed E-state index contributed by atoms with van der Waals surface area (Å²) in [5.74, 6) is 4.52. The third kappa shape index (κ3) is 7.90. The van der Waals surface area contributed by atoms with Gasteiger partial charge >= 0.3 is 0 Å². The number of nitrogens with one attached hydrogen (secondary N) is 3. The third-order valence-corrected chi connectivity index (χ3v) is 5.79. The van der Waals surface area contributed by atoms with E-state index in [0.717, 1.165) is 31.7 Å². The van der Waals surface area contributed by atoms with Gasteiger partial charge < -0.3 is 20.6 Å². The Balaban J connectivity index is 1.53. The van der Waals surface area contributed by atoms with E-state index in [4.69, 9.17) is 5.21 Å². The van der Waals surface area contributed by atoms with E-state index in [1.165, 1.54) is 12.4 Å². The maximum absolute atomic E-state index is 12.3. The molecule has 2 aromatic rings. The minimum Gasteiger partial charge on any atom is -0.391 e. The number of hydrogen-bond donors (Lipinski definition) is 5. The van der Waals surface area contributed by atoms with Crippen LogP contribution < -0.4 is 16.1 Å². The molecule has 0 spiro atoms. The Morgan fingerprint density at radius 2 is 1.50 bits per heavy atom. The van der Waals surface area contributed by atoms with E-state index >= 15 is 0 Å². The second kappa shape index (κ2) is 12.8. The van der Waals surface area contributed by atoms with Crippen LogP contribution in [0.25, 0.3) is 0 Å². The van der Waals surface area contributed by atoms with Crippen molar-refractivity contribution in [1.29, 1.82) is 0 Å². The highest BCUT2D eigenvalue weighted by Crippen LogP contribution is 2.10. The average molecular weight is 494 g/mol. The van der Waals surface area contributed by atoms with Crippen LogP contribution in [-0.2, 0) is 9.59 Å². The van der Waals surface area contributed by atoms with E-state index in [1.807, 2.05) is 12.1 Å². The van der Waals surface area contributed by atoms with E-state index in [9.17, 15) is 19.5 Å². The first-order valence-electron chi connectivity index (χ1n) is 11.6. The first kappa shape index (κ1) is 26.8. The van der Waals surface area contributed by atoms with Gasteiger partial charge in [-0.1, -0.05) is 11.8 Å². The number of carbonyl (C=O) groups excluding carboxylic acids is 3. The molecule has 2 atom stereocenters. The molecule has 0 aliphatic carbocycles. The molecular weight excluding hydrogens is 462 g/mol. The molecule has 1 fully saturated rings. The number of anilines is 1. The van der Waals surface area contributed by atoms with E-state index in [0.29, 0.717) is 17.8 Å². The largest absolute Gasteiger partial charge is 0.391 e. The fraction of sp³-hybridized carbons (Fsp3) is 0.346. The van der Waals surface area contributed by atoms with Gasteiger partial charge in [-0.05, 0) is 62.5 Å². The number of carbonyl (C=O) groups is 3. The highest BCUT2D eigenvalue weighted by atomic mass is 16.5. The summed E-state index contributed by atoms with van der Waals surface area (Å²) >= 11 is 0. The number of nitrogens with zero attached hydrogens (tertiary/aromatic N) is 2. The molecule has 1 aliphatic heterocycles. The molecule has 0 aromatic heterocycles. The van der Waals surface area contributed by atoms with Gasteiger partial charge in [-0.25, -0.2) is 5.48 Å². The van der Waals surface area contributed by atoms with E-state index in [2.05, 4.69) is 39.3 Å². The number of hydroxylamine groups is 1. The maximum Gasteiger partial charge on any atom is 0.268 e. The van der Waals surface area contributed by atoms with Crippen LogP contribution in [0.1, 0.15) is 28.4 Å². The summed E-state index contributed by atoms with van der Waals surface area (Å²) in [4.78, 5) is 40.6. The second-order valence-electron chi connectivity index (χ2n) is 8.70. The van der Waals surface area contributed by atoms with Crippen LogP contribution in [0.3, 0.4) is 0 Å². The monoisotopic (exact) mass is 493 g/mol. The molecule has 5 N–H and O–H groups in total. The zero-order valence-electron chi connectivity index (χ0n) is 20.3. The lowest BCUT2D eigenvalue weighted by molar-refractivity contribution is -0.133. The van der Waals surface area contributed by atoms with Crippen LogP contribution in [-0.4, -0.2) is 89.8 Å². The number of benzene rings is 2. The number of aliphatic hydroxyl groups excluding tert-OH is 1. The van der Waals surface area contributed by atoms with E-state index in [1.54, 1.807) is 36.4 Å². The highest BCUT2D eigenvalue weighted by molar-refractivity contribution is 5.97. The van der Waals surface area contributed by atoms with Gasteiger partial charge in [-0.3, -0.25) is 24.5 Å². The Bertz CT molecular complexity index is 1110. The second-order valence-corrected chi connectivity index (χ2v) is 8.70. The number of rotatable bonds is 7. The van der Waals surface area contributed by atoms with Crippen LogP contribution in [0.5, 0.6) is 0 Å². The SMILES string of the molecule is CC(O)C(NC(=O)c1ccc(C#Cc2ccc(NC(=O)CN3CCN(C)CC3)cc2)cc1)C(=O)NO. The Hall–Kier alpha value is -3.75. The van der Waals surface area contributed by atoms with Crippen LogP contribution in [0.2, 0.25) is 0 Å². The smallest absolute Gasteiger partial charge is 0.268 e. The summed E-state index contributed by atoms with van der Waals surface area (Å²) in [5, 5.41) is 23.7. The summed E-state index contributed by atoms with van der Waals surface area (Å²) in [6, 6.07) is 12.4. The molecule has 3 amide bonds. The van der Waals surface area contributed by atoms with Gasteiger partial charge in [0.25, 0.3) is 11.8 Å². The zero-order chi connectivity index (χ0) is 26.1.